The summed E-state index contributed by atoms with van der Waals surface area (Å²) in [5.41, 5.74) is 1.23. The van der Waals surface area contributed by atoms with Gasteiger partial charge in [-0.1, -0.05) is 29.5 Å². The maximum atomic E-state index is 12.8. The molecule has 2 fully saturated rings. The van der Waals surface area contributed by atoms with E-state index in [0.717, 1.165) is 17.5 Å². The molecule has 3 aliphatic rings. The van der Waals surface area contributed by atoms with Crippen molar-refractivity contribution in [3.05, 3.63) is 36.4 Å². The molecule has 2 amide bonds. The van der Waals surface area contributed by atoms with Gasteiger partial charge in [-0.15, -0.1) is 5.10 Å². The Bertz CT molecular complexity index is 954. The maximum Gasteiger partial charge on any atom is 0.229 e. The van der Waals surface area contributed by atoms with Crippen LogP contribution in [0.25, 0.3) is 11.0 Å². The minimum absolute atomic E-state index is 0.00362. The maximum absolute atomic E-state index is 12.8. The lowest BCUT2D eigenvalue weighted by atomic mass is 9.77. The van der Waals surface area contributed by atoms with Gasteiger partial charge in [0.2, 0.25) is 11.8 Å². The highest BCUT2D eigenvalue weighted by molar-refractivity contribution is 5.92. The topological polar surface area (TPSA) is 89.3 Å². The van der Waals surface area contributed by atoms with E-state index in [2.05, 4.69) is 15.6 Å². The van der Waals surface area contributed by atoms with Gasteiger partial charge in [0.15, 0.2) is 0 Å². The first-order valence-electron chi connectivity index (χ1n) is 9.27. The molecule has 140 valence electrons. The minimum atomic E-state index is -0.613. The third-order valence-electron chi connectivity index (χ3n) is 5.86. The van der Waals surface area contributed by atoms with Crippen LogP contribution in [0.5, 0.6) is 0 Å². The molecule has 0 unspecified atom stereocenters. The minimum Gasteiger partial charge on any atom is -0.360 e. The smallest absolute Gasteiger partial charge is 0.229 e. The lowest BCUT2D eigenvalue weighted by Crippen LogP contribution is -2.44. The van der Waals surface area contributed by atoms with E-state index in [1.165, 1.54) is 0 Å². The molecule has 0 saturated carbocycles. The number of rotatable bonds is 5. The third-order valence-corrected chi connectivity index (χ3v) is 5.86. The van der Waals surface area contributed by atoms with Crippen molar-refractivity contribution in [1.29, 1.82) is 0 Å². The van der Waals surface area contributed by atoms with Crippen LogP contribution in [0.4, 0.5) is 0 Å². The SMILES string of the molecule is CN1C[C@@]23C=C[C@@H](O2)[C@@H](C(=O)NCCCn2nnc4ccccc42)[C@H]3C1=O. The van der Waals surface area contributed by atoms with Crippen molar-refractivity contribution in [2.45, 2.75) is 24.7 Å². The monoisotopic (exact) mass is 367 g/mol. The molecule has 3 aliphatic heterocycles. The highest BCUT2D eigenvalue weighted by Gasteiger charge is 2.66. The van der Waals surface area contributed by atoms with Crippen LogP contribution in [0.2, 0.25) is 0 Å². The fourth-order valence-electron chi connectivity index (χ4n) is 4.63. The number of aryl methyl sites for hydroxylation is 1. The molecule has 2 aromatic rings. The fourth-order valence-corrected chi connectivity index (χ4v) is 4.63. The summed E-state index contributed by atoms with van der Waals surface area (Å²) in [5.74, 6) is -0.962. The summed E-state index contributed by atoms with van der Waals surface area (Å²) < 4.78 is 7.86. The number of hydrogen-bond donors (Lipinski definition) is 1. The van der Waals surface area contributed by atoms with Gasteiger partial charge in [0.05, 0.1) is 30.0 Å². The Morgan fingerprint density at radius 3 is 3.15 bits per heavy atom. The van der Waals surface area contributed by atoms with E-state index in [-0.39, 0.29) is 17.9 Å². The van der Waals surface area contributed by atoms with E-state index in [4.69, 9.17) is 4.74 Å². The Morgan fingerprint density at radius 1 is 1.41 bits per heavy atom. The Balaban J connectivity index is 1.21. The Morgan fingerprint density at radius 2 is 2.26 bits per heavy atom. The normalized spacial score (nSPS) is 31.1. The van der Waals surface area contributed by atoms with Gasteiger partial charge in [-0.05, 0) is 18.6 Å². The second-order valence-electron chi connectivity index (χ2n) is 7.54. The average molecular weight is 367 g/mol. The molecule has 4 atom stereocenters. The highest BCUT2D eigenvalue weighted by Crippen LogP contribution is 2.51. The van der Waals surface area contributed by atoms with Crippen LogP contribution in [0.15, 0.2) is 36.4 Å². The second-order valence-corrected chi connectivity index (χ2v) is 7.54. The van der Waals surface area contributed by atoms with Crippen LogP contribution in [-0.2, 0) is 20.9 Å². The molecule has 0 aliphatic carbocycles. The zero-order valence-electron chi connectivity index (χ0n) is 15.0. The van der Waals surface area contributed by atoms with E-state index in [1.807, 2.05) is 41.1 Å². The number of carbonyl (C=O) groups is 2. The van der Waals surface area contributed by atoms with Crippen molar-refractivity contribution in [2.24, 2.45) is 11.8 Å². The zero-order chi connectivity index (χ0) is 18.6. The van der Waals surface area contributed by atoms with Gasteiger partial charge < -0.3 is 15.0 Å². The molecule has 1 aromatic heterocycles. The van der Waals surface area contributed by atoms with Crippen LogP contribution in [0, 0.1) is 11.8 Å². The second kappa shape index (κ2) is 5.88. The van der Waals surface area contributed by atoms with E-state index in [0.29, 0.717) is 19.6 Å². The number of fused-ring (bicyclic) bond motifs is 2. The molecule has 27 heavy (non-hydrogen) atoms. The van der Waals surface area contributed by atoms with Crippen LogP contribution >= 0.6 is 0 Å². The van der Waals surface area contributed by atoms with Crippen molar-refractivity contribution >= 4 is 22.8 Å². The summed E-state index contributed by atoms with van der Waals surface area (Å²) >= 11 is 0. The number of likely N-dealkylation sites (N-methyl/N-ethyl adjacent to an activating group) is 1. The molecule has 1 N–H and O–H groups in total. The van der Waals surface area contributed by atoms with Gasteiger partial charge in [-0.2, -0.15) is 0 Å². The molecule has 2 bridgehead atoms. The Kier molecular flexibility index (Phi) is 3.58. The van der Waals surface area contributed by atoms with Crippen LogP contribution in [0.1, 0.15) is 6.42 Å². The molecule has 2 saturated heterocycles. The van der Waals surface area contributed by atoms with Gasteiger partial charge >= 0.3 is 0 Å². The summed E-state index contributed by atoms with van der Waals surface area (Å²) in [6.07, 6.45) is 4.32. The van der Waals surface area contributed by atoms with Crippen molar-refractivity contribution in [1.82, 2.24) is 25.2 Å². The van der Waals surface area contributed by atoms with Gasteiger partial charge in [-0.3, -0.25) is 9.59 Å². The molecule has 8 heteroatoms. The van der Waals surface area contributed by atoms with Gasteiger partial charge in [0.1, 0.15) is 11.1 Å². The number of aromatic nitrogens is 3. The summed E-state index contributed by atoms with van der Waals surface area (Å²) in [7, 11) is 1.76. The van der Waals surface area contributed by atoms with Crippen molar-refractivity contribution in [3.63, 3.8) is 0 Å². The first kappa shape index (κ1) is 16.4. The molecule has 1 spiro atoms. The first-order valence-corrected chi connectivity index (χ1v) is 9.27. The van der Waals surface area contributed by atoms with E-state index in [9.17, 15) is 9.59 Å². The molecule has 4 heterocycles. The number of nitrogens with zero attached hydrogens (tertiary/aromatic N) is 4. The highest BCUT2D eigenvalue weighted by atomic mass is 16.5. The predicted molar refractivity (Wildman–Crippen MR) is 96.5 cm³/mol. The molecular weight excluding hydrogens is 346 g/mol. The van der Waals surface area contributed by atoms with E-state index in [1.54, 1.807) is 11.9 Å². The first-order chi connectivity index (χ1) is 13.1. The summed E-state index contributed by atoms with van der Waals surface area (Å²) in [5, 5.41) is 11.3. The zero-order valence-corrected chi connectivity index (χ0v) is 15.0. The van der Waals surface area contributed by atoms with Crippen LogP contribution in [-0.4, -0.2) is 63.6 Å². The lowest BCUT2D eigenvalue weighted by molar-refractivity contribution is -0.136. The van der Waals surface area contributed by atoms with Crippen molar-refractivity contribution < 1.29 is 14.3 Å². The molecular formula is C19H21N5O3. The number of para-hydroxylation sites is 1. The predicted octanol–water partition coefficient (Wildman–Crippen LogP) is 0.349. The number of benzene rings is 1. The number of hydrogen-bond acceptors (Lipinski definition) is 5. The summed E-state index contributed by atoms with van der Waals surface area (Å²) in [6, 6.07) is 7.79. The van der Waals surface area contributed by atoms with Gasteiger partial charge in [0.25, 0.3) is 0 Å². The third kappa shape index (κ3) is 2.39. The van der Waals surface area contributed by atoms with Gasteiger partial charge in [0, 0.05) is 20.1 Å². The van der Waals surface area contributed by atoms with Crippen molar-refractivity contribution in [3.8, 4) is 0 Å². The van der Waals surface area contributed by atoms with Crippen LogP contribution in [0.3, 0.4) is 0 Å². The number of amides is 2. The number of carbonyl (C=O) groups excluding carboxylic acids is 2. The van der Waals surface area contributed by atoms with Crippen LogP contribution < -0.4 is 5.32 Å². The number of likely N-dealkylation sites (tertiary alicyclic amines) is 1. The largest absolute Gasteiger partial charge is 0.360 e. The van der Waals surface area contributed by atoms with E-state index >= 15 is 0 Å². The number of nitrogens with one attached hydrogen (secondary N) is 1. The summed E-state index contributed by atoms with van der Waals surface area (Å²) in [4.78, 5) is 26.9. The van der Waals surface area contributed by atoms with Crippen molar-refractivity contribution in [2.75, 3.05) is 20.1 Å². The average Bonchev–Trinajstić information content (AvgIpc) is 3.39. The van der Waals surface area contributed by atoms with Gasteiger partial charge in [-0.25, -0.2) is 4.68 Å². The quantitative estimate of drug-likeness (QED) is 0.608. The lowest BCUT2D eigenvalue weighted by Gasteiger charge is -2.23. The van der Waals surface area contributed by atoms with E-state index < -0.39 is 17.4 Å². The Labute approximate surface area is 156 Å². The molecule has 8 nitrogen and oxygen atoms in total. The Hall–Kier alpha value is -2.74. The molecule has 1 aromatic carbocycles. The molecule has 0 radical (unpaired) electrons. The fraction of sp³-hybridized carbons (Fsp3) is 0.474. The molecule has 5 rings (SSSR count). The summed E-state index contributed by atoms with van der Waals surface area (Å²) in [6.45, 7) is 1.71. The number of ether oxygens (including phenoxy) is 1. The standard InChI is InChI=1S/C19H21N5O3/c1-23-11-19-8-7-14(27-19)15(16(19)18(23)26)17(25)20-9-4-10-24-13-6-3-2-5-12(13)21-22-24/h2-3,5-8,14-16H,4,9-11H2,1H3,(H,20,25)/t14-,15-,16+,19-/m1/s1.